The number of Topliss-reactive ketones (excluding diaryl/α,β-unsaturated/α-hetero) is 1. The average Bonchev–Trinajstić information content (AvgIpc) is 2.95. The first-order valence-electron chi connectivity index (χ1n) is 10.4. The Morgan fingerprint density at radius 2 is 2.00 bits per heavy atom. The van der Waals surface area contributed by atoms with Gasteiger partial charge in [-0.3, -0.25) is 9.59 Å². The number of β-amino-alcohol motifs (C(OH)–C–C–N with tert-alkyl or cyclic N) is 1. The molecule has 2 saturated carbocycles. The van der Waals surface area contributed by atoms with Gasteiger partial charge in [-0.15, -0.1) is 0 Å². The zero-order valence-corrected chi connectivity index (χ0v) is 16.5. The van der Waals surface area contributed by atoms with Gasteiger partial charge in [-0.2, -0.15) is 0 Å². The standard InChI is InChI=1S/C22H33NO3/c1-14(25)16-5-6-17-15-4-7-19-22(3,18(15)8-10-21(16,17)2)11-9-20(26)23(19)12-13-24/h7,15-18,24H,4-6,8-13H2,1-3H3/t15-,16+,17-,18-,21-,22-/m1/s1. The normalized spacial score (nSPS) is 44.8. The lowest BCUT2D eigenvalue weighted by molar-refractivity contribution is -0.139. The van der Waals surface area contributed by atoms with Crippen LogP contribution in [-0.2, 0) is 9.59 Å². The molecule has 1 amide bonds. The number of rotatable bonds is 3. The molecule has 4 heteroatoms. The summed E-state index contributed by atoms with van der Waals surface area (Å²) in [5.74, 6) is 2.65. The molecule has 4 aliphatic rings. The first-order chi connectivity index (χ1) is 12.3. The third-order valence-corrected chi connectivity index (χ3v) is 8.69. The van der Waals surface area contributed by atoms with Gasteiger partial charge in [0.2, 0.25) is 5.91 Å². The molecule has 1 aliphatic heterocycles. The maximum atomic E-state index is 12.4. The summed E-state index contributed by atoms with van der Waals surface area (Å²) in [4.78, 5) is 26.5. The molecular formula is C22H33NO3. The molecule has 26 heavy (non-hydrogen) atoms. The van der Waals surface area contributed by atoms with E-state index in [2.05, 4.69) is 19.9 Å². The first-order valence-corrected chi connectivity index (χ1v) is 10.4. The van der Waals surface area contributed by atoms with Crippen LogP contribution in [0.5, 0.6) is 0 Å². The predicted octanol–water partition coefficient (Wildman–Crippen LogP) is 3.54. The molecule has 0 aromatic heterocycles. The second-order valence-electron chi connectivity index (χ2n) is 9.67. The lowest BCUT2D eigenvalue weighted by atomic mass is 9.49. The number of aliphatic hydroxyl groups is 1. The molecule has 0 aromatic carbocycles. The van der Waals surface area contributed by atoms with Crippen molar-refractivity contribution in [1.29, 1.82) is 0 Å². The van der Waals surface area contributed by atoms with Crippen molar-refractivity contribution in [3.05, 3.63) is 11.8 Å². The molecule has 4 rings (SSSR count). The van der Waals surface area contributed by atoms with Crippen molar-refractivity contribution >= 4 is 11.7 Å². The summed E-state index contributed by atoms with van der Waals surface area (Å²) in [6.07, 6.45) is 9.39. The van der Waals surface area contributed by atoms with Crippen molar-refractivity contribution in [2.75, 3.05) is 13.2 Å². The van der Waals surface area contributed by atoms with E-state index in [1.54, 1.807) is 6.92 Å². The van der Waals surface area contributed by atoms with Gasteiger partial charge in [0, 0.05) is 30.0 Å². The molecule has 1 saturated heterocycles. The van der Waals surface area contributed by atoms with Crippen LogP contribution in [-0.4, -0.2) is 34.8 Å². The lowest BCUT2D eigenvalue weighted by Gasteiger charge is -2.58. The molecule has 0 unspecified atom stereocenters. The second-order valence-corrected chi connectivity index (χ2v) is 9.67. The Bertz CT molecular complexity index is 656. The van der Waals surface area contributed by atoms with Crippen LogP contribution >= 0.6 is 0 Å². The molecule has 0 radical (unpaired) electrons. The van der Waals surface area contributed by atoms with Crippen LogP contribution in [0.3, 0.4) is 0 Å². The Hall–Kier alpha value is -1.16. The summed E-state index contributed by atoms with van der Waals surface area (Å²) in [5.41, 5.74) is 1.39. The Labute approximate surface area is 157 Å². The Morgan fingerprint density at radius 3 is 2.69 bits per heavy atom. The number of ketones is 1. The maximum absolute atomic E-state index is 12.4. The van der Waals surface area contributed by atoms with Crippen molar-refractivity contribution < 1.29 is 14.7 Å². The van der Waals surface area contributed by atoms with E-state index < -0.39 is 0 Å². The summed E-state index contributed by atoms with van der Waals surface area (Å²) in [5, 5.41) is 9.43. The second kappa shape index (κ2) is 6.19. The van der Waals surface area contributed by atoms with E-state index in [4.69, 9.17) is 0 Å². The molecular weight excluding hydrogens is 326 g/mol. The summed E-state index contributed by atoms with van der Waals surface area (Å²) in [6, 6.07) is 0. The summed E-state index contributed by atoms with van der Waals surface area (Å²) in [7, 11) is 0. The lowest BCUT2D eigenvalue weighted by Crippen LogP contribution is -2.54. The molecule has 0 spiro atoms. The zero-order chi connectivity index (χ0) is 18.7. The summed E-state index contributed by atoms with van der Waals surface area (Å²) < 4.78 is 0. The molecule has 3 aliphatic carbocycles. The van der Waals surface area contributed by atoms with Crippen LogP contribution in [0, 0.1) is 34.5 Å². The van der Waals surface area contributed by atoms with Crippen molar-refractivity contribution in [3.63, 3.8) is 0 Å². The van der Waals surface area contributed by atoms with Crippen LogP contribution in [0.1, 0.15) is 65.7 Å². The quantitative estimate of drug-likeness (QED) is 0.838. The number of likely N-dealkylation sites (tertiary alicyclic amines) is 1. The van der Waals surface area contributed by atoms with Crippen LogP contribution in [0.25, 0.3) is 0 Å². The smallest absolute Gasteiger partial charge is 0.226 e. The highest BCUT2D eigenvalue weighted by molar-refractivity contribution is 5.80. The number of piperidine rings is 1. The molecule has 144 valence electrons. The topological polar surface area (TPSA) is 57.6 Å². The van der Waals surface area contributed by atoms with Crippen molar-refractivity contribution in [1.82, 2.24) is 4.90 Å². The van der Waals surface area contributed by atoms with Crippen molar-refractivity contribution in [2.24, 2.45) is 34.5 Å². The highest BCUT2D eigenvalue weighted by Gasteiger charge is 2.60. The largest absolute Gasteiger partial charge is 0.395 e. The minimum absolute atomic E-state index is 0.0221. The van der Waals surface area contributed by atoms with E-state index >= 15 is 0 Å². The monoisotopic (exact) mass is 359 g/mol. The van der Waals surface area contributed by atoms with E-state index in [-0.39, 0.29) is 29.3 Å². The van der Waals surface area contributed by atoms with Gasteiger partial charge in [0.25, 0.3) is 0 Å². The van der Waals surface area contributed by atoms with Gasteiger partial charge in [0.1, 0.15) is 5.78 Å². The van der Waals surface area contributed by atoms with E-state index in [0.717, 1.165) is 32.1 Å². The fourth-order valence-corrected chi connectivity index (χ4v) is 7.46. The van der Waals surface area contributed by atoms with Crippen LogP contribution < -0.4 is 0 Å². The van der Waals surface area contributed by atoms with Crippen molar-refractivity contribution in [3.8, 4) is 0 Å². The third kappa shape index (κ3) is 2.37. The van der Waals surface area contributed by atoms with E-state index in [9.17, 15) is 14.7 Å². The van der Waals surface area contributed by atoms with Gasteiger partial charge < -0.3 is 10.0 Å². The Balaban J connectivity index is 1.68. The minimum atomic E-state index is 0.0221. The first kappa shape index (κ1) is 18.2. The Kier molecular flexibility index (Phi) is 4.33. The van der Waals surface area contributed by atoms with Gasteiger partial charge in [0.05, 0.1) is 6.61 Å². The number of nitrogens with zero attached hydrogens (tertiary/aromatic N) is 1. The molecule has 0 aromatic rings. The maximum Gasteiger partial charge on any atom is 0.226 e. The van der Waals surface area contributed by atoms with Gasteiger partial charge in [0.15, 0.2) is 0 Å². The number of hydrogen-bond donors (Lipinski definition) is 1. The number of carbonyl (C=O) groups excluding carboxylic acids is 2. The fourth-order valence-electron chi connectivity index (χ4n) is 7.46. The van der Waals surface area contributed by atoms with Gasteiger partial charge in [-0.1, -0.05) is 19.9 Å². The molecule has 0 bridgehead atoms. The Morgan fingerprint density at radius 1 is 1.23 bits per heavy atom. The SMILES string of the molecule is CC(=O)[C@@H]1CC[C@@H]2[C@H]3CC=C4N(CCO)C(=O)CC[C@]4(C)[C@@H]3CC[C@@]21C. The molecule has 3 fully saturated rings. The van der Waals surface area contributed by atoms with E-state index in [1.165, 1.54) is 12.1 Å². The summed E-state index contributed by atoms with van der Waals surface area (Å²) in [6.45, 7) is 6.95. The predicted molar refractivity (Wildman–Crippen MR) is 100 cm³/mol. The number of aliphatic hydroxyl groups excluding tert-OH is 1. The van der Waals surface area contributed by atoms with Gasteiger partial charge in [-0.05, 0) is 68.6 Å². The number of hydrogen-bond acceptors (Lipinski definition) is 3. The molecule has 4 nitrogen and oxygen atoms in total. The number of amides is 1. The van der Waals surface area contributed by atoms with Crippen LogP contribution in [0.2, 0.25) is 0 Å². The fraction of sp³-hybridized carbons (Fsp3) is 0.818. The van der Waals surface area contributed by atoms with Gasteiger partial charge in [-0.25, -0.2) is 0 Å². The third-order valence-electron chi connectivity index (χ3n) is 8.69. The molecule has 6 atom stereocenters. The zero-order valence-electron chi connectivity index (χ0n) is 16.5. The summed E-state index contributed by atoms with van der Waals surface area (Å²) >= 11 is 0. The molecule has 1 heterocycles. The van der Waals surface area contributed by atoms with Crippen molar-refractivity contribution in [2.45, 2.75) is 65.7 Å². The average molecular weight is 360 g/mol. The van der Waals surface area contributed by atoms with Crippen LogP contribution in [0.4, 0.5) is 0 Å². The van der Waals surface area contributed by atoms with Crippen LogP contribution in [0.15, 0.2) is 11.8 Å². The van der Waals surface area contributed by atoms with E-state index in [1.807, 2.05) is 4.90 Å². The number of fused-ring (bicyclic) bond motifs is 5. The molecule has 1 N–H and O–H groups in total. The highest BCUT2D eigenvalue weighted by atomic mass is 16.3. The van der Waals surface area contributed by atoms with E-state index in [0.29, 0.717) is 36.5 Å². The van der Waals surface area contributed by atoms with Gasteiger partial charge >= 0.3 is 0 Å². The minimum Gasteiger partial charge on any atom is -0.395 e. The number of allylic oxidation sites excluding steroid dienone is 2. The highest BCUT2D eigenvalue weighted by Crippen LogP contribution is 2.66. The number of carbonyl (C=O) groups is 2.